The normalized spacial score (nSPS) is 12.0. The van der Waals surface area contributed by atoms with Crippen LogP contribution in [0.2, 0.25) is 0 Å². The lowest BCUT2D eigenvalue weighted by Crippen LogP contribution is -1.82. The summed E-state index contributed by atoms with van der Waals surface area (Å²) in [6.45, 7) is 7.53. The van der Waals surface area contributed by atoms with Crippen LogP contribution in [-0.4, -0.2) is 0 Å². The van der Waals surface area contributed by atoms with Gasteiger partial charge in [-0.05, 0) is 12.8 Å². The summed E-state index contributed by atoms with van der Waals surface area (Å²) < 4.78 is 0. The molecule has 1 radical (unpaired) electrons. The Bertz CT molecular complexity index is 306. The van der Waals surface area contributed by atoms with Gasteiger partial charge in [0.2, 0.25) is 0 Å². The van der Waals surface area contributed by atoms with Crippen LogP contribution in [0.5, 0.6) is 0 Å². The summed E-state index contributed by atoms with van der Waals surface area (Å²) in [4.78, 5) is 0. The van der Waals surface area contributed by atoms with Gasteiger partial charge in [0, 0.05) is 0 Å². The van der Waals surface area contributed by atoms with E-state index in [-0.39, 0.29) is 0 Å². The fourth-order valence-corrected chi connectivity index (χ4v) is 2.71. The molecule has 0 saturated heterocycles. The molecule has 0 unspecified atom stereocenters. The van der Waals surface area contributed by atoms with Crippen LogP contribution in [0.4, 0.5) is 0 Å². The van der Waals surface area contributed by atoms with Gasteiger partial charge in [-0.2, -0.15) is 0 Å². The summed E-state index contributed by atoms with van der Waals surface area (Å²) in [6.07, 6.45) is 33.5. The first kappa shape index (κ1) is 22.0. The van der Waals surface area contributed by atoms with Gasteiger partial charge in [-0.25, -0.2) is 0 Å². The molecule has 0 atom stereocenters. The minimum Gasteiger partial charge on any atom is -0.0845 e. The second-order valence-electron chi connectivity index (χ2n) is 6.42. The molecule has 0 aliphatic rings. The van der Waals surface area contributed by atoms with Gasteiger partial charge < -0.3 is 0 Å². The number of hydrogen-bond acceptors (Lipinski definition) is 0. The standard InChI is InChI=1S/C23H39/c1-3-5-7-9-11-13-15-17-19-21-23-22-20-18-16-14-12-10-8-6-4-2/h1,3,5,7,9,11,13,15H,4,6,8,10,12,14,16-23H2,2H3/b3-1?,7-5+,11-9+,15-13+. The van der Waals surface area contributed by atoms with Crippen molar-refractivity contribution in [1.29, 1.82) is 0 Å². The molecule has 0 rings (SSSR count). The van der Waals surface area contributed by atoms with Crippen LogP contribution < -0.4 is 0 Å². The maximum absolute atomic E-state index is 5.24. The van der Waals surface area contributed by atoms with Gasteiger partial charge in [0.15, 0.2) is 0 Å². The van der Waals surface area contributed by atoms with E-state index in [4.69, 9.17) is 6.58 Å². The van der Waals surface area contributed by atoms with Crippen LogP contribution in [-0.2, 0) is 0 Å². The molecule has 0 aliphatic heterocycles. The SMILES string of the molecule is [CH]=C/C=C/C=C/C=C/CCCCCCCCCCCCCCC. The van der Waals surface area contributed by atoms with E-state index in [0.717, 1.165) is 0 Å². The smallest absolute Gasteiger partial charge is 0.0348 e. The summed E-state index contributed by atoms with van der Waals surface area (Å²) in [6, 6.07) is 0. The number of rotatable bonds is 17. The zero-order chi connectivity index (χ0) is 16.8. The van der Waals surface area contributed by atoms with Gasteiger partial charge >= 0.3 is 0 Å². The predicted molar refractivity (Wildman–Crippen MR) is 107 cm³/mol. The summed E-state index contributed by atoms with van der Waals surface area (Å²) in [5, 5.41) is 0. The zero-order valence-corrected chi connectivity index (χ0v) is 15.5. The molecular formula is C23H39. The van der Waals surface area contributed by atoms with Gasteiger partial charge in [0.1, 0.15) is 0 Å². The van der Waals surface area contributed by atoms with E-state index < -0.39 is 0 Å². The third-order valence-corrected chi connectivity index (χ3v) is 4.17. The van der Waals surface area contributed by atoms with Crippen molar-refractivity contribution >= 4 is 0 Å². The third-order valence-electron chi connectivity index (χ3n) is 4.17. The molecule has 0 saturated carbocycles. The molecular weight excluding hydrogens is 276 g/mol. The number of unbranched alkanes of at least 4 members (excludes halogenated alkanes) is 13. The van der Waals surface area contributed by atoms with Crippen LogP contribution in [0.25, 0.3) is 0 Å². The zero-order valence-electron chi connectivity index (χ0n) is 15.5. The van der Waals surface area contributed by atoms with Crippen molar-refractivity contribution in [3.63, 3.8) is 0 Å². The van der Waals surface area contributed by atoms with Gasteiger partial charge in [-0.3, -0.25) is 0 Å². The molecule has 0 aromatic rings. The lowest BCUT2D eigenvalue weighted by molar-refractivity contribution is 0.540. The molecule has 0 bridgehead atoms. The first-order valence-corrected chi connectivity index (χ1v) is 9.95. The molecule has 0 nitrogen and oxygen atoms in total. The average Bonchev–Trinajstić information content (AvgIpc) is 2.57. The van der Waals surface area contributed by atoms with Crippen molar-refractivity contribution in [1.82, 2.24) is 0 Å². The molecule has 0 aliphatic carbocycles. The van der Waals surface area contributed by atoms with Crippen LogP contribution in [0.3, 0.4) is 0 Å². The fourth-order valence-electron chi connectivity index (χ4n) is 2.71. The van der Waals surface area contributed by atoms with Crippen molar-refractivity contribution < 1.29 is 0 Å². The van der Waals surface area contributed by atoms with E-state index in [2.05, 4.69) is 25.2 Å². The molecule has 0 aromatic carbocycles. The van der Waals surface area contributed by atoms with E-state index >= 15 is 0 Å². The Kier molecular flexibility index (Phi) is 20.0. The number of hydrogen-bond donors (Lipinski definition) is 0. The molecule has 131 valence electrons. The Morgan fingerprint density at radius 2 is 0.957 bits per heavy atom. The molecule has 0 aromatic heterocycles. The number of allylic oxidation sites excluding steroid dienone is 7. The van der Waals surface area contributed by atoms with Gasteiger partial charge in [0.05, 0.1) is 0 Å². The monoisotopic (exact) mass is 315 g/mol. The van der Waals surface area contributed by atoms with E-state index in [1.54, 1.807) is 6.08 Å². The maximum Gasteiger partial charge on any atom is -0.0348 e. The second kappa shape index (κ2) is 21.0. The van der Waals surface area contributed by atoms with Gasteiger partial charge in [-0.15, -0.1) is 0 Å². The predicted octanol–water partition coefficient (Wildman–Crippen LogP) is 8.13. The van der Waals surface area contributed by atoms with Crippen molar-refractivity contribution in [3.8, 4) is 0 Å². The molecule has 0 heterocycles. The average molecular weight is 316 g/mol. The van der Waals surface area contributed by atoms with Crippen LogP contribution in [0.15, 0.2) is 42.5 Å². The molecule has 0 N–H and O–H groups in total. The van der Waals surface area contributed by atoms with Gasteiger partial charge in [0.25, 0.3) is 0 Å². The van der Waals surface area contributed by atoms with Crippen molar-refractivity contribution in [2.45, 2.75) is 96.8 Å². The van der Waals surface area contributed by atoms with E-state index in [1.807, 2.05) is 18.2 Å². The topological polar surface area (TPSA) is 0 Å². The van der Waals surface area contributed by atoms with E-state index in [9.17, 15) is 0 Å². The van der Waals surface area contributed by atoms with E-state index in [0.29, 0.717) is 0 Å². The Morgan fingerprint density at radius 1 is 0.522 bits per heavy atom. The highest BCUT2D eigenvalue weighted by Gasteiger charge is 1.93. The highest BCUT2D eigenvalue weighted by molar-refractivity contribution is 5.13. The summed E-state index contributed by atoms with van der Waals surface area (Å²) in [5.74, 6) is 0. The lowest BCUT2D eigenvalue weighted by Gasteiger charge is -2.02. The van der Waals surface area contributed by atoms with Crippen molar-refractivity contribution in [3.05, 3.63) is 49.1 Å². The largest absolute Gasteiger partial charge is 0.0845 e. The fraction of sp³-hybridized carbons (Fsp3) is 0.652. The van der Waals surface area contributed by atoms with Crippen LogP contribution in [0.1, 0.15) is 96.8 Å². The van der Waals surface area contributed by atoms with Gasteiger partial charge in [-0.1, -0.05) is 133 Å². The van der Waals surface area contributed by atoms with E-state index in [1.165, 1.54) is 89.9 Å². The molecule has 0 heteroatoms. The molecule has 0 amide bonds. The first-order chi connectivity index (χ1) is 11.4. The van der Waals surface area contributed by atoms with Crippen molar-refractivity contribution in [2.75, 3.05) is 0 Å². The summed E-state index contributed by atoms with van der Waals surface area (Å²) >= 11 is 0. The Balaban J connectivity index is 3.13. The molecule has 23 heavy (non-hydrogen) atoms. The van der Waals surface area contributed by atoms with Crippen LogP contribution in [0, 0.1) is 6.58 Å². The lowest BCUT2D eigenvalue weighted by atomic mass is 10.0. The first-order valence-electron chi connectivity index (χ1n) is 9.95. The Morgan fingerprint density at radius 3 is 1.48 bits per heavy atom. The Hall–Kier alpha value is -1.04. The summed E-state index contributed by atoms with van der Waals surface area (Å²) in [7, 11) is 0. The minimum absolute atomic E-state index is 1.20. The third kappa shape index (κ3) is 21.0. The summed E-state index contributed by atoms with van der Waals surface area (Å²) in [5.41, 5.74) is 0. The van der Waals surface area contributed by atoms with Crippen LogP contribution >= 0.6 is 0 Å². The maximum atomic E-state index is 5.24. The highest BCUT2D eigenvalue weighted by Crippen LogP contribution is 2.12. The quantitative estimate of drug-likeness (QED) is 0.188. The van der Waals surface area contributed by atoms with Crippen molar-refractivity contribution in [2.24, 2.45) is 0 Å². The Labute approximate surface area is 146 Å². The highest BCUT2D eigenvalue weighted by atomic mass is 14.0. The minimum atomic E-state index is 1.20. The second-order valence-corrected chi connectivity index (χ2v) is 6.42. The molecule has 0 fully saturated rings. The molecule has 0 spiro atoms.